The minimum atomic E-state index is -1.31. The number of hydrogen-bond donors (Lipinski definition) is 6. The first-order valence-corrected chi connectivity index (χ1v) is 9.54. The van der Waals surface area contributed by atoms with Crippen molar-refractivity contribution >= 4 is 23.9 Å². The minimum absolute atomic E-state index is 0.0236. The van der Waals surface area contributed by atoms with E-state index in [1.165, 1.54) is 0 Å². The lowest BCUT2D eigenvalue weighted by molar-refractivity contribution is -0.257. The van der Waals surface area contributed by atoms with E-state index in [4.69, 9.17) is 10.5 Å². The average Bonchev–Trinajstić information content (AvgIpc) is 2.71. The van der Waals surface area contributed by atoms with E-state index in [0.717, 1.165) is 14.7 Å². The molecule has 2 atom stereocenters. The number of carbonyl (C=O) groups is 4. The maximum atomic E-state index is 11.3. The second kappa shape index (κ2) is 12.6. The summed E-state index contributed by atoms with van der Waals surface area (Å²) in [6.45, 7) is 4.24. The van der Waals surface area contributed by atoms with E-state index in [1.807, 2.05) is 0 Å². The van der Waals surface area contributed by atoms with Gasteiger partial charge in [0.15, 0.2) is 0 Å². The molecule has 0 aromatic carbocycles. The fourth-order valence-corrected chi connectivity index (χ4v) is 4.00. The number of aliphatic carboxylic acids is 4. The van der Waals surface area contributed by atoms with Crippen LogP contribution in [0.4, 0.5) is 0 Å². The zero-order valence-electron chi connectivity index (χ0n) is 17.6. The first kappa shape index (κ1) is 27.6. The molecule has 15 heteroatoms. The van der Waals surface area contributed by atoms with Gasteiger partial charge in [0.1, 0.15) is 0 Å². The molecule has 0 radical (unpaired) electrons. The van der Waals surface area contributed by atoms with Crippen molar-refractivity contribution in [1.82, 2.24) is 14.7 Å². The highest BCUT2D eigenvalue weighted by atomic mass is 17.1. The fourth-order valence-electron chi connectivity index (χ4n) is 4.00. The van der Waals surface area contributed by atoms with Gasteiger partial charge in [0.2, 0.25) is 11.8 Å². The molecule has 6 N–H and O–H groups in total. The Morgan fingerprint density at radius 3 is 1.15 bits per heavy atom. The van der Waals surface area contributed by atoms with Crippen LogP contribution in [0.15, 0.2) is 24.9 Å². The molecule has 0 spiro atoms. The van der Waals surface area contributed by atoms with E-state index < -0.39 is 79.9 Å². The van der Waals surface area contributed by atoms with Gasteiger partial charge < -0.3 is 30.2 Å². The summed E-state index contributed by atoms with van der Waals surface area (Å²) in [6, 6.07) is -2.44. The normalized spacial score (nSPS) is 20.2. The fraction of sp³-hybridized carbons (Fsp3) is 0.556. The largest absolute Gasteiger partial charge is 0.480 e. The maximum absolute atomic E-state index is 11.3. The van der Waals surface area contributed by atoms with Crippen molar-refractivity contribution in [2.75, 3.05) is 26.2 Å². The molecule has 1 rings (SSSR count). The molecule has 0 aromatic rings. The topological polar surface area (TPSA) is 218 Å². The summed E-state index contributed by atoms with van der Waals surface area (Å²) >= 11 is 0. The molecule has 0 amide bonds. The zero-order chi connectivity index (χ0) is 25.3. The van der Waals surface area contributed by atoms with Gasteiger partial charge in [0.25, 0.3) is 0 Å². The Morgan fingerprint density at radius 1 is 0.636 bits per heavy atom. The molecule has 0 aromatic heterocycles. The van der Waals surface area contributed by atoms with Crippen molar-refractivity contribution in [2.45, 2.75) is 37.4 Å². The Labute approximate surface area is 187 Å². The summed E-state index contributed by atoms with van der Waals surface area (Å²) < 4.78 is 0. The Balaban J connectivity index is 3.43. The molecule has 1 aliphatic carbocycles. The molecule has 186 valence electrons. The predicted octanol–water partition coefficient (Wildman–Crippen LogP) is -0.558. The standard InChI is InChI=1S/C18H27N3O12/c1-10(32-30)21(11(2)33-31)14-4-12(19(6-15(22)23)7-16(24)25)3-13(5-14)20(8-17(26)27)9-18(28)29/h12-14,30-31H,1-9H2,(H,22,23)(H,24,25)(H,26,27)(H,28,29). The van der Waals surface area contributed by atoms with E-state index in [9.17, 15) is 39.6 Å². The van der Waals surface area contributed by atoms with Crippen LogP contribution in [0.25, 0.3) is 0 Å². The highest BCUT2D eigenvalue weighted by Gasteiger charge is 2.41. The molecular weight excluding hydrogens is 450 g/mol. The lowest BCUT2D eigenvalue weighted by Crippen LogP contribution is -2.56. The van der Waals surface area contributed by atoms with Gasteiger partial charge in [-0.05, 0) is 32.4 Å². The summed E-state index contributed by atoms with van der Waals surface area (Å²) in [5.41, 5.74) is 0. The van der Waals surface area contributed by atoms with Crippen molar-refractivity contribution in [3.05, 3.63) is 24.9 Å². The van der Waals surface area contributed by atoms with Crippen LogP contribution in [-0.2, 0) is 29.0 Å². The quantitative estimate of drug-likeness (QED) is 0.0989. The Bertz CT molecular complexity index is 681. The summed E-state index contributed by atoms with van der Waals surface area (Å²) in [5, 5.41) is 55.0. The Hall–Kier alpha value is -3.40. The van der Waals surface area contributed by atoms with E-state index in [-0.39, 0.29) is 19.3 Å². The molecular formula is C18H27N3O12. The van der Waals surface area contributed by atoms with Crippen LogP contribution in [0.2, 0.25) is 0 Å². The van der Waals surface area contributed by atoms with Gasteiger partial charge in [-0.15, -0.1) is 0 Å². The minimum Gasteiger partial charge on any atom is -0.480 e. The summed E-state index contributed by atoms with van der Waals surface area (Å²) in [7, 11) is 0. The number of carboxylic acids is 4. The second-order valence-electron chi connectivity index (χ2n) is 7.39. The Kier molecular flexibility index (Phi) is 10.5. The maximum Gasteiger partial charge on any atom is 0.317 e. The third kappa shape index (κ3) is 8.57. The van der Waals surface area contributed by atoms with Gasteiger partial charge in [-0.1, -0.05) is 0 Å². The van der Waals surface area contributed by atoms with Gasteiger partial charge in [-0.25, -0.2) is 10.5 Å². The van der Waals surface area contributed by atoms with Crippen LogP contribution in [0.3, 0.4) is 0 Å². The van der Waals surface area contributed by atoms with Crippen molar-refractivity contribution in [1.29, 1.82) is 0 Å². The van der Waals surface area contributed by atoms with E-state index in [0.29, 0.717) is 0 Å². The first-order valence-electron chi connectivity index (χ1n) is 9.54. The molecule has 0 heterocycles. The van der Waals surface area contributed by atoms with Crippen molar-refractivity contribution in [3.63, 3.8) is 0 Å². The molecule has 15 nitrogen and oxygen atoms in total. The molecule has 0 aliphatic heterocycles. The number of rotatable bonds is 15. The van der Waals surface area contributed by atoms with Crippen LogP contribution in [0, 0.1) is 0 Å². The molecule has 33 heavy (non-hydrogen) atoms. The SMILES string of the molecule is C=C(OO)N(C(=C)OO)C1CC(N(CC(=O)O)CC(=O)O)CC(N(CC(=O)O)CC(=O)O)C1. The summed E-state index contributed by atoms with van der Waals surface area (Å²) in [4.78, 5) is 56.8. The van der Waals surface area contributed by atoms with E-state index >= 15 is 0 Å². The molecule has 1 fully saturated rings. The van der Waals surface area contributed by atoms with E-state index in [1.54, 1.807) is 0 Å². The van der Waals surface area contributed by atoms with Crippen molar-refractivity contribution < 1.29 is 59.9 Å². The highest BCUT2D eigenvalue weighted by Crippen LogP contribution is 2.33. The number of hydrogen-bond acceptors (Lipinski definition) is 11. The lowest BCUT2D eigenvalue weighted by atomic mass is 9.84. The van der Waals surface area contributed by atoms with Gasteiger partial charge in [0, 0.05) is 18.1 Å². The molecule has 1 aliphatic rings. The summed E-state index contributed by atoms with van der Waals surface area (Å²) in [5.74, 6) is -6.16. The zero-order valence-corrected chi connectivity index (χ0v) is 17.6. The monoisotopic (exact) mass is 477 g/mol. The van der Waals surface area contributed by atoms with Gasteiger partial charge in [-0.3, -0.25) is 33.9 Å². The van der Waals surface area contributed by atoms with E-state index in [2.05, 4.69) is 22.9 Å². The van der Waals surface area contributed by atoms with Crippen LogP contribution in [-0.4, -0.2) is 114 Å². The smallest absolute Gasteiger partial charge is 0.317 e. The highest BCUT2D eigenvalue weighted by molar-refractivity contribution is 5.73. The van der Waals surface area contributed by atoms with Crippen molar-refractivity contribution in [3.8, 4) is 0 Å². The van der Waals surface area contributed by atoms with Crippen molar-refractivity contribution in [2.24, 2.45) is 0 Å². The molecule has 2 unspecified atom stereocenters. The van der Waals surface area contributed by atoms with Gasteiger partial charge >= 0.3 is 23.9 Å². The van der Waals surface area contributed by atoms with Crippen LogP contribution < -0.4 is 0 Å². The predicted molar refractivity (Wildman–Crippen MR) is 106 cm³/mol. The van der Waals surface area contributed by atoms with Crippen LogP contribution in [0.1, 0.15) is 19.3 Å². The first-order chi connectivity index (χ1) is 15.4. The van der Waals surface area contributed by atoms with Crippen LogP contribution in [0.5, 0.6) is 0 Å². The van der Waals surface area contributed by atoms with Crippen LogP contribution >= 0.6 is 0 Å². The lowest BCUT2D eigenvalue weighted by Gasteiger charge is -2.46. The van der Waals surface area contributed by atoms with Gasteiger partial charge in [-0.2, -0.15) is 0 Å². The molecule has 0 bridgehead atoms. The number of nitrogens with zero attached hydrogens (tertiary/aromatic N) is 3. The van der Waals surface area contributed by atoms with Gasteiger partial charge in [0.05, 0.1) is 26.2 Å². The molecule has 1 saturated carbocycles. The third-order valence-corrected chi connectivity index (χ3v) is 5.13. The third-order valence-electron chi connectivity index (χ3n) is 5.13. The second-order valence-corrected chi connectivity index (χ2v) is 7.39. The average molecular weight is 477 g/mol. The Morgan fingerprint density at radius 2 is 0.909 bits per heavy atom. The number of carboxylic acid groups (broad SMARTS) is 4. The molecule has 0 saturated heterocycles. The summed E-state index contributed by atoms with van der Waals surface area (Å²) in [6.07, 6.45) is 0.0793.